The third-order valence-electron chi connectivity index (χ3n) is 3.55. The second-order valence-electron chi connectivity index (χ2n) is 5.68. The van der Waals surface area contributed by atoms with Crippen molar-refractivity contribution < 1.29 is 14.3 Å². The van der Waals surface area contributed by atoms with Crippen LogP contribution in [0.4, 0.5) is 4.39 Å². The van der Waals surface area contributed by atoms with Crippen LogP contribution in [0, 0.1) is 5.82 Å². The molecule has 6 heteroatoms. The maximum Gasteiger partial charge on any atom is 0.220 e. The van der Waals surface area contributed by atoms with E-state index in [1.165, 1.54) is 24.3 Å². The van der Waals surface area contributed by atoms with Gasteiger partial charge >= 0.3 is 0 Å². The molecule has 128 valence electrons. The molecule has 2 rings (SSSR count). The molecule has 2 N–H and O–H groups in total. The Bertz CT molecular complexity index is 648. The van der Waals surface area contributed by atoms with Gasteiger partial charge in [0.1, 0.15) is 11.4 Å². The quantitative estimate of drug-likeness (QED) is 0.720. The van der Waals surface area contributed by atoms with Gasteiger partial charge in [-0.05, 0) is 36.8 Å². The molecule has 0 saturated heterocycles. The Morgan fingerprint density at radius 2 is 2.04 bits per heavy atom. The van der Waals surface area contributed by atoms with Gasteiger partial charge in [-0.1, -0.05) is 18.2 Å². The summed E-state index contributed by atoms with van der Waals surface area (Å²) in [4.78, 5) is 16.1. The Kier molecular flexibility index (Phi) is 6.75. The molecular formula is C18H21FN2O2S. The lowest BCUT2D eigenvalue weighted by molar-refractivity contribution is -0.121. The van der Waals surface area contributed by atoms with Crippen molar-refractivity contribution in [1.82, 2.24) is 10.3 Å². The highest BCUT2D eigenvalue weighted by Crippen LogP contribution is 2.20. The molecule has 0 radical (unpaired) electrons. The zero-order valence-electron chi connectivity index (χ0n) is 13.5. The number of thioether (sulfide) groups is 1. The van der Waals surface area contributed by atoms with Crippen molar-refractivity contribution >= 4 is 17.7 Å². The number of nitrogens with zero attached hydrogens (tertiary/aromatic N) is 1. The fraction of sp³-hybridized carbons (Fsp3) is 0.333. The highest BCUT2D eigenvalue weighted by molar-refractivity contribution is 7.98. The Morgan fingerprint density at radius 3 is 2.71 bits per heavy atom. The van der Waals surface area contributed by atoms with Gasteiger partial charge in [0, 0.05) is 24.1 Å². The van der Waals surface area contributed by atoms with Crippen molar-refractivity contribution in [3.8, 4) is 0 Å². The van der Waals surface area contributed by atoms with Crippen LogP contribution in [-0.4, -0.2) is 28.3 Å². The summed E-state index contributed by atoms with van der Waals surface area (Å²) >= 11 is 1.64. The van der Waals surface area contributed by atoms with Crippen molar-refractivity contribution in [1.29, 1.82) is 0 Å². The molecule has 0 aliphatic heterocycles. The molecule has 1 heterocycles. The number of aliphatic hydroxyl groups is 1. The lowest BCUT2D eigenvalue weighted by atomic mass is 9.96. The predicted octanol–water partition coefficient (Wildman–Crippen LogP) is 2.87. The largest absolute Gasteiger partial charge is 0.384 e. The zero-order chi connectivity index (χ0) is 17.4. The van der Waals surface area contributed by atoms with Gasteiger partial charge in [0.05, 0.1) is 12.2 Å². The van der Waals surface area contributed by atoms with Crippen LogP contribution in [0.15, 0.2) is 48.7 Å². The Morgan fingerprint density at radius 1 is 1.29 bits per heavy atom. The van der Waals surface area contributed by atoms with Crippen LogP contribution < -0.4 is 5.32 Å². The first-order valence-corrected chi connectivity index (χ1v) is 8.85. The third kappa shape index (κ3) is 5.94. The van der Waals surface area contributed by atoms with Gasteiger partial charge in [0.25, 0.3) is 0 Å². The van der Waals surface area contributed by atoms with E-state index in [4.69, 9.17) is 0 Å². The number of hydrogen-bond donors (Lipinski definition) is 2. The first kappa shape index (κ1) is 18.4. The van der Waals surface area contributed by atoms with E-state index in [9.17, 15) is 14.3 Å². The number of carbonyl (C=O) groups is 1. The highest BCUT2D eigenvalue weighted by Gasteiger charge is 2.23. The fourth-order valence-corrected chi connectivity index (χ4v) is 2.95. The average Bonchev–Trinajstić information content (AvgIpc) is 2.58. The molecule has 0 spiro atoms. The molecule has 4 nitrogen and oxygen atoms in total. The van der Waals surface area contributed by atoms with E-state index in [1.54, 1.807) is 24.9 Å². The SMILES string of the molecule is CC(O)(CNC(=O)CCSCc1ccccn1)c1ccc(F)cc1. The normalized spacial score (nSPS) is 13.3. The van der Waals surface area contributed by atoms with Crippen LogP contribution in [0.25, 0.3) is 0 Å². The van der Waals surface area contributed by atoms with E-state index in [0.29, 0.717) is 17.7 Å². The van der Waals surface area contributed by atoms with Gasteiger partial charge in [-0.15, -0.1) is 0 Å². The lowest BCUT2D eigenvalue weighted by Crippen LogP contribution is -2.38. The molecular weight excluding hydrogens is 327 g/mol. The Labute approximate surface area is 145 Å². The van der Waals surface area contributed by atoms with Gasteiger partial charge in [-0.3, -0.25) is 9.78 Å². The number of pyridine rings is 1. The van der Waals surface area contributed by atoms with E-state index < -0.39 is 5.60 Å². The van der Waals surface area contributed by atoms with E-state index in [-0.39, 0.29) is 18.3 Å². The van der Waals surface area contributed by atoms with Gasteiger partial charge in [0.15, 0.2) is 0 Å². The van der Waals surface area contributed by atoms with Crippen LogP contribution in [0.3, 0.4) is 0 Å². The standard InChI is InChI=1S/C18H21FN2O2S/c1-18(23,14-5-7-15(19)8-6-14)13-21-17(22)9-11-24-12-16-4-2-3-10-20-16/h2-8,10,23H,9,11-13H2,1H3,(H,21,22). The van der Waals surface area contributed by atoms with Crippen LogP contribution in [0.1, 0.15) is 24.6 Å². The molecule has 2 aromatic rings. The minimum atomic E-state index is -1.23. The number of nitrogens with one attached hydrogen (secondary N) is 1. The number of carbonyl (C=O) groups excluding carboxylic acids is 1. The van der Waals surface area contributed by atoms with Gasteiger partial charge in [0.2, 0.25) is 5.91 Å². The van der Waals surface area contributed by atoms with Crippen molar-refractivity contribution in [3.05, 3.63) is 65.7 Å². The smallest absolute Gasteiger partial charge is 0.220 e. The van der Waals surface area contributed by atoms with E-state index in [1.807, 2.05) is 18.2 Å². The number of aromatic nitrogens is 1. The first-order chi connectivity index (χ1) is 11.5. The van der Waals surface area contributed by atoms with Crippen LogP contribution in [0.5, 0.6) is 0 Å². The molecule has 1 aromatic heterocycles. The topological polar surface area (TPSA) is 62.2 Å². The molecule has 0 saturated carbocycles. The molecule has 0 fully saturated rings. The van der Waals surface area contributed by atoms with E-state index >= 15 is 0 Å². The summed E-state index contributed by atoms with van der Waals surface area (Å²) in [5, 5.41) is 13.1. The van der Waals surface area contributed by atoms with Gasteiger partial charge in [-0.25, -0.2) is 4.39 Å². The summed E-state index contributed by atoms with van der Waals surface area (Å²) in [5.41, 5.74) is 0.320. The summed E-state index contributed by atoms with van der Waals surface area (Å²) in [7, 11) is 0. The molecule has 1 atom stereocenters. The predicted molar refractivity (Wildman–Crippen MR) is 94.0 cm³/mol. The monoisotopic (exact) mass is 348 g/mol. The third-order valence-corrected chi connectivity index (χ3v) is 4.54. The summed E-state index contributed by atoms with van der Waals surface area (Å²) in [6, 6.07) is 11.4. The minimum Gasteiger partial charge on any atom is -0.384 e. The van der Waals surface area contributed by atoms with Crippen molar-refractivity contribution in [2.45, 2.75) is 24.7 Å². The molecule has 0 aliphatic rings. The van der Waals surface area contributed by atoms with Crippen LogP contribution >= 0.6 is 11.8 Å². The van der Waals surface area contributed by atoms with Gasteiger partial charge in [-0.2, -0.15) is 11.8 Å². The molecule has 1 aromatic carbocycles. The fourth-order valence-electron chi connectivity index (χ4n) is 2.10. The average molecular weight is 348 g/mol. The first-order valence-electron chi connectivity index (χ1n) is 7.70. The summed E-state index contributed by atoms with van der Waals surface area (Å²) in [6.45, 7) is 1.68. The summed E-state index contributed by atoms with van der Waals surface area (Å²) in [5.74, 6) is 0.970. The number of amides is 1. The number of halogens is 1. The summed E-state index contributed by atoms with van der Waals surface area (Å²) < 4.78 is 12.9. The van der Waals surface area contributed by atoms with Crippen molar-refractivity contribution in [2.24, 2.45) is 0 Å². The van der Waals surface area contributed by atoms with E-state index in [2.05, 4.69) is 10.3 Å². The van der Waals surface area contributed by atoms with Crippen molar-refractivity contribution in [2.75, 3.05) is 12.3 Å². The molecule has 1 amide bonds. The van der Waals surface area contributed by atoms with E-state index in [0.717, 1.165) is 11.4 Å². The Hall–Kier alpha value is -1.92. The second-order valence-corrected chi connectivity index (χ2v) is 6.79. The maximum absolute atomic E-state index is 12.9. The second kappa shape index (κ2) is 8.80. The molecule has 24 heavy (non-hydrogen) atoms. The number of rotatable bonds is 8. The number of hydrogen-bond acceptors (Lipinski definition) is 4. The van der Waals surface area contributed by atoms with Crippen LogP contribution in [0.2, 0.25) is 0 Å². The lowest BCUT2D eigenvalue weighted by Gasteiger charge is -2.24. The molecule has 0 aliphatic carbocycles. The molecule has 0 bridgehead atoms. The van der Waals surface area contributed by atoms with Crippen LogP contribution in [-0.2, 0) is 16.1 Å². The highest BCUT2D eigenvalue weighted by atomic mass is 32.2. The number of benzene rings is 1. The molecule has 1 unspecified atom stereocenters. The summed E-state index contributed by atoms with van der Waals surface area (Å²) in [6.07, 6.45) is 2.12. The van der Waals surface area contributed by atoms with Crippen molar-refractivity contribution in [3.63, 3.8) is 0 Å². The zero-order valence-corrected chi connectivity index (χ0v) is 14.4. The minimum absolute atomic E-state index is 0.0857. The van der Waals surface area contributed by atoms with Gasteiger partial charge < -0.3 is 10.4 Å². The maximum atomic E-state index is 12.9. The Balaban J connectivity index is 1.69.